The molecule has 2 saturated carbocycles. The Morgan fingerprint density at radius 1 is 1.14 bits per heavy atom. The number of hydrogen-bond donors (Lipinski definition) is 0. The van der Waals surface area contributed by atoms with E-state index in [9.17, 15) is 4.79 Å². The Kier molecular flexibility index (Phi) is 6.98. The fourth-order valence-corrected chi connectivity index (χ4v) is 3.32. The highest BCUT2D eigenvalue weighted by atomic mass is 16.2. The third kappa shape index (κ3) is 5.78. The van der Waals surface area contributed by atoms with Crippen molar-refractivity contribution in [3.8, 4) is 0 Å². The van der Waals surface area contributed by atoms with Gasteiger partial charge in [-0.25, -0.2) is 0 Å². The Morgan fingerprint density at radius 2 is 1.86 bits per heavy atom. The van der Waals surface area contributed by atoms with E-state index >= 15 is 0 Å². The molecule has 0 spiro atoms. The number of amides is 1. The van der Waals surface area contributed by atoms with Crippen molar-refractivity contribution in [2.45, 2.75) is 84.6 Å². The van der Waals surface area contributed by atoms with E-state index < -0.39 is 0 Å². The fourth-order valence-electron chi connectivity index (χ4n) is 3.32. The Morgan fingerprint density at radius 3 is 2.50 bits per heavy atom. The summed E-state index contributed by atoms with van der Waals surface area (Å²) in [7, 11) is 0. The van der Waals surface area contributed by atoms with Gasteiger partial charge in [0.1, 0.15) is 0 Å². The van der Waals surface area contributed by atoms with E-state index in [2.05, 4.69) is 37.8 Å². The molecule has 126 valence electrons. The predicted molar refractivity (Wildman–Crippen MR) is 93.7 cm³/mol. The van der Waals surface area contributed by atoms with Gasteiger partial charge >= 0.3 is 0 Å². The van der Waals surface area contributed by atoms with Crippen molar-refractivity contribution in [3.05, 3.63) is 12.2 Å². The summed E-state index contributed by atoms with van der Waals surface area (Å²) in [6.45, 7) is 7.59. The average molecular weight is 306 g/mol. The first kappa shape index (κ1) is 17.6. The van der Waals surface area contributed by atoms with Gasteiger partial charge in [0.2, 0.25) is 5.91 Å². The summed E-state index contributed by atoms with van der Waals surface area (Å²) >= 11 is 0. The van der Waals surface area contributed by atoms with Crippen LogP contribution < -0.4 is 0 Å². The first-order valence-electron chi connectivity index (χ1n) is 9.59. The van der Waals surface area contributed by atoms with Crippen LogP contribution in [0.1, 0.15) is 78.6 Å². The summed E-state index contributed by atoms with van der Waals surface area (Å²) in [5, 5.41) is 0. The molecule has 0 aromatic carbocycles. The second-order valence-electron chi connectivity index (χ2n) is 7.66. The number of rotatable bonds is 11. The Bertz CT molecular complexity index is 370. The first-order valence-corrected chi connectivity index (χ1v) is 9.59. The van der Waals surface area contributed by atoms with Gasteiger partial charge in [0.05, 0.1) is 0 Å². The highest BCUT2D eigenvalue weighted by Crippen LogP contribution is 2.43. The van der Waals surface area contributed by atoms with Crippen molar-refractivity contribution in [1.29, 1.82) is 0 Å². The Labute approximate surface area is 137 Å². The number of carbonyl (C=O) groups is 1. The summed E-state index contributed by atoms with van der Waals surface area (Å²) < 4.78 is 0. The minimum atomic E-state index is 0.366. The number of hydrogen-bond acceptors (Lipinski definition) is 1. The van der Waals surface area contributed by atoms with Crippen LogP contribution in [0.15, 0.2) is 12.2 Å². The SMILES string of the molecule is CCCCC/C=C\CCC1CC1CN(C(=O)C1CC1)C(C)C. The number of allylic oxidation sites excluding steroid dienone is 2. The maximum Gasteiger partial charge on any atom is 0.225 e. The zero-order valence-electron chi connectivity index (χ0n) is 14.9. The van der Waals surface area contributed by atoms with Crippen LogP contribution in [-0.2, 0) is 4.79 Å². The second-order valence-corrected chi connectivity index (χ2v) is 7.66. The normalized spacial score (nSPS) is 24.2. The monoisotopic (exact) mass is 305 g/mol. The van der Waals surface area contributed by atoms with Crippen LogP contribution in [0.25, 0.3) is 0 Å². The van der Waals surface area contributed by atoms with E-state index in [-0.39, 0.29) is 0 Å². The average Bonchev–Trinajstić information content (AvgIpc) is 3.37. The summed E-state index contributed by atoms with van der Waals surface area (Å²) in [6.07, 6.45) is 16.1. The molecule has 2 fully saturated rings. The first-order chi connectivity index (χ1) is 10.6. The summed E-state index contributed by atoms with van der Waals surface area (Å²) in [6, 6.07) is 0.368. The third-order valence-electron chi connectivity index (χ3n) is 5.18. The van der Waals surface area contributed by atoms with Crippen molar-refractivity contribution >= 4 is 5.91 Å². The molecular formula is C20H35NO. The second kappa shape index (κ2) is 8.74. The topological polar surface area (TPSA) is 20.3 Å². The maximum atomic E-state index is 12.3. The van der Waals surface area contributed by atoms with Crippen molar-refractivity contribution in [2.24, 2.45) is 17.8 Å². The number of carbonyl (C=O) groups excluding carboxylic acids is 1. The fraction of sp³-hybridized carbons (Fsp3) is 0.850. The molecule has 0 bridgehead atoms. The number of nitrogens with zero attached hydrogens (tertiary/aromatic N) is 1. The molecule has 2 aliphatic rings. The Hall–Kier alpha value is -0.790. The predicted octanol–water partition coefficient (Wildman–Crippen LogP) is 5.19. The van der Waals surface area contributed by atoms with Crippen LogP contribution in [0.3, 0.4) is 0 Å². The molecule has 1 amide bonds. The molecule has 22 heavy (non-hydrogen) atoms. The highest BCUT2D eigenvalue weighted by molar-refractivity contribution is 5.81. The molecule has 2 aliphatic carbocycles. The standard InChI is InChI=1S/C20H35NO/c1-4-5-6-7-8-9-10-11-18-14-19(18)15-21(16(2)3)20(22)17-12-13-17/h8-9,16-19H,4-7,10-15H2,1-3H3/b9-8-. The Balaban J connectivity index is 1.59. The molecule has 0 aromatic rings. The lowest BCUT2D eigenvalue weighted by Crippen LogP contribution is -2.39. The molecule has 0 radical (unpaired) electrons. The van der Waals surface area contributed by atoms with Gasteiger partial charge in [0, 0.05) is 18.5 Å². The van der Waals surface area contributed by atoms with E-state index in [1.807, 2.05) is 0 Å². The van der Waals surface area contributed by atoms with Crippen molar-refractivity contribution in [3.63, 3.8) is 0 Å². The van der Waals surface area contributed by atoms with E-state index in [1.165, 1.54) is 44.9 Å². The van der Waals surface area contributed by atoms with Gasteiger partial charge in [-0.1, -0.05) is 31.9 Å². The largest absolute Gasteiger partial charge is 0.340 e. The lowest BCUT2D eigenvalue weighted by Gasteiger charge is -2.27. The smallest absolute Gasteiger partial charge is 0.225 e. The van der Waals surface area contributed by atoms with Crippen LogP contribution in [0.5, 0.6) is 0 Å². The van der Waals surface area contributed by atoms with Gasteiger partial charge < -0.3 is 4.90 Å². The highest BCUT2D eigenvalue weighted by Gasteiger charge is 2.41. The minimum absolute atomic E-state index is 0.366. The van der Waals surface area contributed by atoms with E-state index in [0.29, 0.717) is 17.9 Å². The van der Waals surface area contributed by atoms with Crippen LogP contribution in [0, 0.1) is 17.8 Å². The van der Waals surface area contributed by atoms with Crippen molar-refractivity contribution in [1.82, 2.24) is 4.90 Å². The molecule has 0 aliphatic heterocycles. The van der Waals surface area contributed by atoms with Gasteiger partial charge in [-0.2, -0.15) is 0 Å². The van der Waals surface area contributed by atoms with Crippen LogP contribution in [0.2, 0.25) is 0 Å². The molecular weight excluding hydrogens is 270 g/mol. The quantitative estimate of drug-likeness (QED) is 0.380. The summed E-state index contributed by atoms with van der Waals surface area (Å²) in [5.41, 5.74) is 0. The molecule has 2 heteroatoms. The van der Waals surface area contributed by atoms with E-state index in [0.717, 1.165) is 31.2 Å². The molecule has 2 atom stereocenters. The maximum absolute atomic E-state index is 12.3. The zero-order valence-corrected chi connectivity index (χ0v) is 14.9. The van der Waals surface area contributed by atoms with Crippen molar-refractivity contribution in [2.75, 3.05) is 6.54 Å². The number of unbranched alkanes of at least 4 members (excludes halogenated alkanes) is 3. The lowest BCUT2D eigenvalue weighted by molar-refractivity contribution is -0.134. The molecule has 2 rings (SSSR count). The minimum Gasteiger partial charge on any atom is -0.340 e. The van der Waals surface area contributed by atoms with Gasteiger partial charge in [-0.15, -0.1) is 0 Å². The molecule has 0 aromatic heterocycles. The van der Waals surface area contributed by atoms with Crippen LogP contribution in [-0.4, -0.2) is 23.4 Å². The van der Waals surface area contributed by atoms with E-state index in [1.54, 1.807) is 0 Å². The summed E-state index contributed by atoms with van der Waals surface area (Å²) in [5.74, 6) is 2.44. The van der Waals surface area contributed by atoms with Crippen molar-refractivity contribution < 1.29 is 4.79 Å². The third-order valence-corrected chi connectivity index (χ3v) is 5.18. The van der Waals surface area contributed by atoms with E-state index in [4.69, 9.17) is 0 Å². The van der Waals surface area contributed by atoms with Gasteiger partial charge in [0.25, 0.3) is 0 Å². The van der Waals surface area contributed by atoms with Crippen LogP contribution in [0.4, 0.5) is 0 Å². The van der Waals surface area contributed by atoms with Gasteiger partial charge in [-0.05, 0) is 70.6 Å². The van der Waals surface area contributed by atoms with Gasteiger partial charge in [0.15, 0.2) is 0 Å². The molecule has 2 nitrogen and oxygen atoms in total. The summed E-state index contributed by atoms with van der Waals surface area (Å²) in [4.78, 5) is 14.5. The van der Waals surface area contributed by atoms with Gasteiger partial charge in [-0.3, -0.25) is 4.79 Å². The lowest BCUT2D eigenvalue weighted by atomic mass is 10.1. The molecule has 2 unspecified atom stereocenters. The molecule has 0 saturated heterocycles. The molecule has 0 heterocycles. The molecule has 0 N–H and O–H groups in total. The zero-order chi connectivity index (χ0) is 15.9. The van der Waals surface area contributed by atoms with Crippen LogP contribution >= 0.6 is 0 Å².